The molecule has 0 amide bonds. The summed E-state index contributed by atoms with van der Waals surface area (Å²) in [5.41, 5.74) is 9.31. The number of aryl methyl sites for hydroxylation is 4. The van der Waals surface area contributed by atoms with E-state index in [0.29, 0.717) is 0 Å². The quantitative estimate of drug-likeness (QED) is 0.672. The van der Waals surface area contributed by atoms with Gasteiger partial charge in [0.1, 0.15) is 0 Å². The fourth-order valence-corrected chi connectivity index (χ4v) is 2.69. The van der Waals surface area contributed by atoms with E-state index < -0.39 is 0 Å². The molecule has 0 atom stereocenters. The van der Waals surface area contributed by atoms with E-state index >= 15 is 0 Å². The topological polar surface area (TPSA) is 0 Å². The molecule has 0 heteroatoms. The first-order valence-electron chi connectivity index (χ1n) is 6.84. The molecule has 19 heavy (non-hydrogen) atoms. The van der Waals surface area contributed by atoms with Crippen LogP contribution in [0.15, 0.2) is 42.5 Å². The van der Waals surface area contributed by atoms with E-state index in [1.807, 2.05) is 0 Å². The smallest absolute Gasteiger partial charge is 0.0149 e. The van der Waals surface area contributed by atoms with E-state index in [9.17, 15) is 0 Å². The first-order chi connectivity index (χ1) is 9.02. The van der Waals surface area contributed by atoms with Gasteiger partial charge in [0.25, 0.3) is 0 Å². The molecule has 0 radical (unpaired) electrons. The number of hydrogen-bond donors (Lipinski definition) is 0. The van der Waals surface area contributed by atoms with Crippen molar-refractivity contribution in [1.29, 1.82) is 0 Å². The minimum absolute atomic E-state index is 1.32. The molecule has 98 valence electrons. The van der Waals surface area contributed by atoms with Crippen LogP contribution < -0.4 is 0 Å². The Balaban J connectivity index is 2.57. The maximum absolute atomic E-state index is 2.25. The van der Waals surface area contributed by atoms with Crippen molar-refractivity contribution in [2.75, 3.05) is 0 Å². The van der Waals surface area contributed by atoms with Gasteiger partial charge in [-0.3, -0.25) is 0 Å². The predicted molar refractivity (Wildman–Crippen MR) is 84.6 cm³/mol. The van der Waals surface area contributed by atoms with Crippen molar-refractivity contribution < 1.29 is 0 Å². The average Bonchev–Trinajstić information content (AvgIpc) is 2.34. The maximum Gasteiger partial charge on any atom is -0.0149 e. The number of hydrogen-bond acceptors (Lipinski definition) is 0. The normalized spacial score (nSPS) is 10.4. The van der Waals surface area contributed by atoms with E-state index in [-0.39, 0.29) is 0 Å². The van der Waals surface area contributed by atoms with Crippen molar-refractivity contribution in [2.45, 2.75) is 34.6 Å². The van der Waals surface area contributed by atoms with Gasteiger partial charge in [0, 0.05) is 0 Å². The molecule has 0 fully saturated rings. The molecule has 0 nitrogen and oxygen atoms in total. The summed E-state index contributed by atoms with van der Waals surface area (Å²) < 4.78 is 0. The molecule has 0 unspecified atom stereocenters. The van der Waals surface area contributed by atoms with Gasteiger partial charge >= 0.3 is 0 Å². The second-order valence-electron chi connectivity index (χ2n) is 5.34. The van der Waals surface area contributed by atoms with Crippen molar-refractivity contribution in [3.8, 4) is 0 Å². The molecule has 0 bridgehead atoms. The fraction of sp³-hybridized carbons (Fsp3) is 0.263. The van der Waals surface area contributed by atoms with Crippen molar-refractivity contribution in [3.05, 3.63) is 75.9 Å². The average molecular weight is 250 g/mol. The van der Waals surface area contributed by atoms with Crippen molar-refractivity contribution >= 4 is 5.57 Å². The Labute approximate surface area is 116 Å². The van der Waals surface area contributed by atoms with Crippen molar-refractivity contribution in [2.24, 2.45) is 0 Å². The molecule has 0 saturated heterocycles. The Bertz CT molecular complexity index is 577. The van der Waals surface area contributed by atoms with Crippen molar-refractivity contribution in [3.63, 3.8) is 0 Å². The van der Waals surface area contributed by atoms with E-state index in [2.05, 4.69) is 77.1 Å². The predicted octanol–water partition coefficient (Wildman–Crippen LogP) is 5.37. The molecule has 0 aliphatic heterocycles. The monoisotopic (exact) mass is 250 g/mol. The Morgan fingerprint density at radius 1 is 0.737 bits per heavy atom. The Kier molecular flexibility index (Phi) is 3.90. The molecule has 2 aromatic rings. The highest BCUT2D eigenvalue weighted by atomic mass is 14.1. The van der Waals surface area contributed by atoms with Crippen LogP contribution in [0.1, 0.15) is 40.3 Å². The standard InChI is InChI=1S/C19H22/c1-6-17(18-9-7-13(2)11-15(18)4)19-10-8-14(3)12-16(19)5/h6-12H,1-5H3. The summed E-state index contributed by atoms with van der Waals surface area (Å²) in [4.78, 5) is 0. The summed E-state index contributed by atoms with van der Waals surface area (Å²) in [5.74, 6) is 0. The Morgan fingerprint density at radius 2 is 1.16 bits per heavy atom. The van der Waals surface area contributed by atoms with Gasteiger partial charge < -0.3 is 0 Å². The Hall–Kier alpha value is -1.82. The number of rotatable bonds is 2. The molecule has 0 aliphatic carbocycles. The molecule has 0 saturated carbocycles. The zero-order valence-electron chi connectivity index (χ0n) is 12.5. The third-order valence-electron chi connectivity index (χ3n) is 3.63. The summed E-state index contributed by atoms with van der Waals surface area (Å²) in [6.45, 7) is 10.8. The summed E-state index contributed by atoms with van der Waals surface area (Å²) >= 11 is 0. The highest BCUT2D eigenvalue weighted by Crippen LogP contribution is 2.29. The lowest BCUT2D eigenvalue weighted by Crippen LogP contribution is -1.95. The molecule has 0 heterocycles. The minimum Gasteiger partial charge on any atom is -0.0792 e. The molecule has 2 aromatic carbocycles. The molecule has 0 aliphatic rings. The van der Waals surface area contributed by atoms with Gasteiger partial charge in [-0.25, -0.2) is 0 Å². The van der Waals surface area contributed by atoms with Gasteiger partial charge in [0.15, 0.2) is 0 Å². The molecule has 0 aromatic heterocycles. The first kappa shape index (κ1) is 13.6. The van der Waals surface area contributed by atoms with Crippen LogP contribution in [0, 0.1) is 27.7 Å². The van der Waals surface area contributed by atoms with Gasteiger partial charge in [-0.1, -0.05) is 53.6 Å². The fourth-order valence-electron chi connectivity index (χ4n) is 2.69. The highest BCUT2D eigenvalue weighted by molar-refractivity contribution is 5.82. The molecular formula is C19H22. The SMILES string of the molecule is CC=C(c1ccc(C)cc1C)c1ccc(C)cc1C. The first-order valence-corrected chi connectivity index (χ1v) is 6.84. The van der Waals surface area contributed by atoms with Crippen LogP contribution >= 0.6 is 0 Å². The van der Waals surface area contributed by atoms with Crippen LogP contribution in [0.2, 0.25) is 0 Å². The van der Waals surface area contributed by atoms with Crippen LogP contribution in [0.4, 0.5) is 0 Å². The van der Waals surface area contributed by atoms with Crippen LogP contribution in [0.5, 0.6) is 0 Å². The van der Waals surface area contributed by atoms with Crippen LogP contribution in [-0.2, 0) is 0 Å². The Morgan fingerprint density at radius 3 is 1.47 bits per heavy atom. The second-order valence-corrected chi connectivity index (χ2v) is 5.34. The maximum atomic E-state index is 2.25. The summed E-state index contributed by atoms with van der Waals surface area (Å²) in [7, 11) is 0. The van der Waals surface area contributed by atoms with E-state index in [1.165, 1.54) is 39.0 Å². The lowest BCUT2D eigenvalue weighted by atomic mass is 9.90. The van der Waals surface area contributed by atoms with Gasteiger partial charge in [-0.05, 0) is 62.4 Å². The van der Waals surface area contributed by atoms with Gasteiger partial charge in [0.2, 0.25) is 0 Å². The third kappa shape index (κ3) is 2.78. The molecule has 2 rings (SSSR count). The lowest BCUT2D eigenvalue weighted by molar-refractivity contribution is 1.32. The second kappa shape index (κ2) is 5.44. The summed E-state index contributed by atoms with van der Waals surface area (Å²) in [6, 6.07) is 13.4. The zero-order valence-corrected chi connectivity index (χ0v) is 12.5. The van der Waals surface area contributed by atoms with Gasteiger partial charge in [-0.15, -0.1) is 0 Å². The number of benzene rings is 2. The van der Waals surface area contributed by atoms with E-state index in [1.54, 1.807) is 0 Å². The molecule has 0 N–H and O–H groups in total. The molecular weight excluding hydrogens is 228 g/mol. The van der Waals surface area contributed by atoms with Gasteiger partial charge in [-0.2, -0.15) is 0 Å². The highest BCUT2D eigenvalue weighted by Gasteiger charge is 2.09. The van der Waals surface area contributed by atoms with Crippen LogP contribution in [0.3, 0.4) is 0 Å². The summed E-state index contributed by atoms with van der Waals surface area (Å²) in [5, 5.41) is 0. The largest absolute Gasteiger partial charge is 0.0792 e. The van der Waals surface area contributed by atoms with E-state index in [0.717, 1.165) is 0 Å². The zero-order chi connectivity index (χ0) is 14.0. The lowest BCUT2D eigenvalue weighted by Gasteiger charge is -2.14. The minimum atomic E-state index is 1.32. The summed E-state index contributed by atoms with van der Waals surface area (Å²) in [6.07, 6.45) is 2.22. The van der Waals surface area contributed by atoms with Crippen LogP contribution in [-0.4, -0.2) is 0 Å². The third-order valence-corrected chi connectivity index (χ3v) is 3.63. The van der Waals surface area contributed by atoms with Crippen LogP contribution in [0.25, 0.3) is 5.57 Å². The van der Waals surface area contributed by atoms with E-state index in [4.69, 9.17) is 0 Å². The van der Waals surface area contributed by atoms with Crippen molar-refractivity contribution in [1.82, 2.24) is 0 Å². The van der Waals surface area contributed by atoms with Gasteiger partial charge in [0.05, 0.1) is 0 Å². The number of allylic oxidation sites excluding steroid dienone is 1. The molecule has 0 spiro atoms.